The Hall–Kier alpha value is -0.380. The maximum atomic E-state index is 5.64. The number of nitrogens with zero attached hydrogens (tertiary/aromatic N) is 1. The lowest BCUT2D eigenvalue weighted by Gasteiger charge is -2.45. The van der Waals surface area contributed by atoms with Crippen LogP contribution in [0.4, 0.5) is 0 Å². The second-order valence-electron chi connectivity index (χ2n) is 4.38. The van der Waals surface area contributed by atoms with Crippen molar-refractivity contribution < 1.29 is 0 Å². The minimum Gasteiger partial charge on any atom is -0.296 e. The van der Waals surface area contributed by atoms with Crippen LogP contribution in [0.15, 0.2) is 12.7 Å². The van der Waals surface area contributed by atoms with Gasteiger partial charge < -0.3 is 0 Å². The minimum absolute atomic E-state index is 0.160. The Labute approximate surface area is 93.7 Å². The zero-order chi connectivity index (χ0) is 11.3. The first kappa shape index (κ1) is 12.7. The first-order valence-electron chi connectivity index (χ1n) is 6.08. The number of likely N-dealkylation sites (tertiary alicyclic amines) is 1. The lowest BCUT2D eigenvalue weighted by atomic mass is 9.83. The lowest BCUT2D eigenvalue weighted by Crippen LogP contribution is -2.60. The molecule has 1 fully saturated rings. The van der Waals surface area contributed by atoms with Gasteiger partial charge in [0.05, 0.1) is 6.04 Å². The molecule has 1 aliphatic heterocycles. The van der Waals surface area contributed by atoms with Crippen molar-refractivity contribution in [3.05, 3.63) is 12.7 Å². The molecule has 1 aliphatic rings. The third-order valence-corrected chi connectivity index (χ3v) is 3.95. The van der Waals surface area contributed by atoms with Crippen LogP contribution in [-0.2, 0) is 0 Å². The molecule has 15 heavy (non-hydrogen) atoms. The Kier molecular flexibility index (Phi) is 4.77. The van der Waals surface area contributed by atoms with Gasteiger partial charge in [0, 0.05) is 5.54 Å². The second kappa shape index (κ2) is 5.64. The van der Waals surface area contributed by atoms with Crippen molar-refractivity contribution in [3.63, 3.8) is 0 Å². The maximum Gasteiger partial charge on any atom is 0.0571 e. The zero-order valence-corrected chi connectivity index (χ0v) is 10.1. The molecule has 3 heteroatoms. The summed E-state index contributed by atoms with van der Waals surface area (Å²) in [5.41, 5.74) is 3.07. The van der Waals surface area contributed by atoms with Gasteiger partial charge in [-0.2, -0.15) is 0 Å². The Morgan fingerprint density at radius 1 is 1.40 bits per heavy atom. The number of nitrogens with one attached hydrogen (secondary N) is 1. The van der Waals surface area contributed by atoms with E-state index in [1.165, 1.54) is 25.9 Å². The zero-order valence-electron chi connectivity index (χ0n) is 10.1. The predicted octanol–water partition coefficient (Wildman–Crippen LogP) is 1.66. The molecule has 1 rings (SSSR count). The van der Waals surface area contributed by atoms with E-state index in [1.54, 1.807) is 0 Å². The monoisotopic (exact) mass is 211 g/mol. The molecule has 0 aromatic carbocycles. The molecule has 1 unspecified atom stereocenters. The average Bonchev–Trinajstić information content (AvgIpc) is 2.80. The molecule has 3 nitrogen and oxygen atoms in total. The number of hydrazine groups is 1. The van der Waals surface area contributed by atoms with E-state index in [9.17, 15) is 0 Å². The molecule has 0 aromatic rings. The number of hydrogen-bond donors (Lipinski definition) is 2. The van der Waals surface area contributed by atoms with Crippen LogP contribution in [0, 0.1) is 0 Å². The van der Waals surface area contributed by atoms with Crippen LogP contribution < -0.4 is 11.3 Å². The van der Waals surface area contributed by atoms with Crippen molar-refractivity contribution >= 4 is 0 Å². The minimum atomic E-state index is 0.160. The van der Waals surface area contributed by atoms with Gasteiger partial charge in [0.1, 0.15) is 0 Å². The second-order valence-corrected chi connectivity index (χ2v) is 4.38. The van der Waals surface area contributed by atoms with Gasteiger partial charge in [0.2, 0.25) is 0 Å². The molecule has 0 aromatic heterocycles. The van der Waals surface area contributed by atoms with Crippen molar-refractivity contribution in [2.75, 3.05) is 13.1 Å². The summed E-state index contributed by atoms with van der Waals surface area (Å²) >= 11 is 0. The van der Waals surface area contributed by atoms with Crippen molar-refractivity contribution in [3.8, 4) is 0 Å². The summed E-state index contributed by atoms with van der Waals surface area (Å²) in [6.07, 6.45) is 6.81. The van der Waals surface area contributed by atoms with Gasteiger partial charge in [0.25, 0.3) is 0 Å². The molecule has 3 N–H and O–H groups in total. The van der Waals surface area contributed by atoms with Crippen LogP contribution in [0.5, 0.6) is 0 Å². The van der Waals surface area contributed by atoms with E-state index in [4.69, 9.17) is 5.84 Å². The van der Waals surface area contributed by atoms with E-state index in [2.05, 4.69) is 30.8 Å². The van der Waals surface area contributed by atoms with Gasteiger partial charge in [-0.25, -0.2) is 0 Å². The SMILES string of the molecule is C=CC(NN)C(CC)(CC)N1CCCC1. The summed E-state index contributed by atoms with van der Waals surface area (Å²) in [6.45, 7) is 10.8. The summed E-state index contributed by atoms with van der Waals surface area (Å²) < 4.78 is 0. The van der Waals surface area contributed by atoms with Crippen molar-refractivity contribution in [2.24, 2.45) is 5.84 Å². The largest absolute Gasteiger partial charge is 0.296 e. The topological polar surface area (TPSA) is 41.3 Å². The standard InChI is InChI=1S/C12H25N3/c1-4-11(14-13)12(5-2,6-3)15-9-7-8-10-15/h4,11,14H,1,5-10,13H2,2-3H3. The van der Waals surface area contributed by atoms with Gasteiger partial charge in [-0.3, -0.25) is 16.2 Å². The fourth-order valence-electron chi connectivity index (χ4n) is 2.94. The maximum absolute atomic E-state index is 5.64. The quantitative estimate of drug-likeness (QED) is 0.399. The molecule has 0 aliphatic carbocycles. The van der Waals surface area contributed by atoms with E-state index < -0.39 is 0 Å². The van der Waals surface area contributed by atoms with Crippen molar-refractivity contribution in [1.82, 2.24) is 10.3 Å². The predicted molar refractivity (Wildman–Crippen MR) is 65.4 cm³/mol. The average molecular weight is 211 g/mol. The van der Waals surface area contributed by atoms with Crippen molar-refractivity contribution in [2.45, 2.75) is 51.1 Å². The van der Waals surface area contributed by atoms with Crippen LogP contribution in [0.2, 0.25) is 0 Å². The van der Waals surface area contributed by atoms with E-state index >= 15 is 0 Å². The van der Waals surface area contributed by atoms with E-state index in [-0.39, 0.29) is 11.6 Å². The fourth-order valence-corrected chi connectivity index (χ4v) is 2.94. The highest BCUT2D eigenvalue weighted by atomic mass is 15.3. The molecule has 88 valence electrons. The molecular weight excluding hydrogens is 186 g/mol. The molecular formula is C12H25N3. The van der Waals surface area contributed by atoms with Crippen LogP contribution in [0.3, 0.4) is 0 Å². The highest BCUT2D eigenvalue weighted by Crippen LogP contribution is 2.31. The fraction of sp³-hybridized carbons (Fsp3) is 0.833. The van der Waals surface area contributed by atoms with E-state index in [0.29, 0.717) is 0 Å². The number of hydrogen-bond acceptors (Lipinski definition) is 3. The van der Waals surface area contributed by atoms with Crippen molar-refractivity contribution in [1.29, 1.82) is 0 Å². The summed E-state index contributed by atoms with van der Waals surface area (Å²) in [7, 11) is 0. The number of rotatable bonds is 6. The Balaban J connectivity index is 2.87. The van der Waals surface area contributed by atoms with Gasteiger partial charge in [-0.1, -0.05) is 19.9 Å². The summed E-state index contributed by atoms with van der Waals surface area (Å²) in [5.74, 6) is 5.64. The third kappa shape index (κ3) is 2.25. The van der Waals surface area contributed by atoms with Gasteiger partial charge in [0.15, 0.2) is 0 Å². The molecule has 0 amide bonds. The molecule has 0 saturated carbocycles. The lowest BCUT2D eigenvalue weighted by molar-refractivity contribution is 0.0791. The summed E-state index contributed by atoms with van der Waals surface area (Å²) in [5, 5.41) is 0. The van der Waals surface area contributed by atoms with E-state index in [1.807, 2.05) is 6.08 Å². The first-order chi connectivity index (χ1) is 7.25. The van der Waals surface area contributed by atoms with Gasteiger partial charge in [-0.05, 0) is 38.8 Å². The Morgan fingerprint density at radius 3 is 2.27 bits per heavy atom. The molecule has 0 spiro atoms. The smallest absolute Gasteiger partial charge is 0.0571 e. The highest BCUT2D eigenvalue weighted by Gasteiger charge is 2.40. The molecule has 1 atom stereocenters. The first-order valence-corrected chi connectivity index (χ1v) is 6.08. The summed E-state index contributed by atoms with van der Waals surface area (Å²) in [6, 6.07) is 0.186. The highest BCUT2D eigenvalue weighted by molar-refractivity contribution is 5.06. The molecule has 0 radical (unpaired) electrons. The Bertz CT molecular complexity index is 193. The van der Waals surface area contributed by atoms with Crippen LogP contribution >= 0.6 is 0 Å². The van der Waals surface area contributed by atoms with Crippen LogP contribution in [0.1, 0.15) is 39.5 Å². The third-order valence-electron chi connectivity index (χ3n) is 3.95. The van der Waals surface area contributed by atoms with Gasteiger partial charge in [-0.15, -0.1) is 6.58 Å². The number of nitrogens with two attached hydrogens (primary N) is 1. The van der Waals surface area contributed by atoms with Gasteiger partial charge >= 0.3 is 0 Å². The molecule has 0 bridgehead atoms. The molecule has 1 saturated heterocycles. The normalized spacial score (nSPS) is 20.5. The molecule has 1 heterocycles. The summed E-state index contributed by atoms with van der Waals surface area (Å²) in [4.78, 5) is 2.58. The van der Waals surface area contributed by atoms with Crippen LogP contribution in [0.25, 0.3) is 0 Å². The van der Waals surface area contributed by atoms with Crippen LogP contribution in [-0.4, -0.2) is 29.6 Å². The Morgan fingerprint density at radius 2 is 1.93 bits per heavy atom. The van der Waals surface area contributed by atoms with E-state index in [0.717, 1.165) is 12.8 Å².